The van der Waals surface area contributed by atoms with Gasteiger partial charge in [-0.15, -0.1) is 0 Å². The van der Waals surface area contributed by atoms with Crippen molar-refractivity contribution in [3.8, 4) is 6.07 Å². The molecule has 1 aromatic carbocycles. The van der Waals surface area contributed by atoms with E-state index in [1.807, 2.05) is 6.07 Å². The van der Waals surface area contributed by atoms with E-state index in [4.69, 9.17) is 9.26 Å². The third-order valence-electron chi connectivity index (χ3n) is 6.21. The van der Waals surface area contributed by atoms with Crippen LogP contribution < -0.4 is 16.0 Å². The molecule has 41 heavy (non-hydrogen) atoms. The number of esters is 1. The highest BCUT2D eigenvalue weighted by molar-refractivity contribution is 5.96. The number of nitriles is 1. The molecule has 12 heteroatoms. The summed E-state index contributed by atoms with van der Waals surface area (Å²) in [6.07, 6.45) is 2.66. The molecular weight excluding hydrogens is 533 g/mol. The van der Waals surface area contributed by atoms with Crippen LogP contribution >= 0.6 is 0 Å². The minimum atomic E-state index is -1.16. The summed E-state index contributed by atoms with van der Waals surface area (Å²) in [4.78, 5) is 51.6. The van der Waals surface area contributed by atoms with Gasteiger partial charge in [-0.05, 0) is 70.7 Å². The van der Waals surface area contributed by atoms with Crippen LogP contribution in [-0.4, -0.2) is 53.1 Å². The maximum Gasteiger partial charge on any atom is 0.349 e. The first-order valence-corrected chi connectivity index (χ1v) is 13.3. The number of benzene rings is 1. The fraction of sp³-hybridized carbons (Fsp3) is 0.448. The van der Waals surface area contributed by atoms with Crippen molar-refractivity contribution in [2.75, 3.05) is 6.54 Å². The summed E-state index contributed by atoms with van der Waals surface area (Å²) in [5.41, 5.74) is -0.669. The second-order valence-corrected chi connectivity index (χ2v) is 10.9. The summed E-state index contributed by atoms with van der Waals surface area (Å²) in [6.45, 7) is 7.12. The minimum absolute atomic E-state index is 0.00773. The highest BCUT2D eigenvalue weighted by Gasteiger charge is 2.30. The average Bonchev–Trinajstić information content (AvgIpc) is 3.34. The first-order valence-electron chi connectivity index (χ1n) is 13.3. The van der Waals surface area contributed by atoms with Crippen molar-refractivity contribution < 1.29 is 32.8 Å². The van der Waals surface area contributed by atoms with E-state index in [2.05, 4.69) is 21.1 Å². The number of nitrogens with zero attached hydrogens (tertiary/aromatic N) is 2. The molecule has 3 atom stereocenters. The SMILES string of the molecule is Cc1cc(C(=O)N[C@@H](Cc2ccc(F)cc2)C(=O)N[C@H](/C=C(\C#N)C(=O)OC(C)(C)C)C[C@@H]2CCCNC2=O)no1. The van der Waals surface area contributed by atoms with Gasteiger partial charge in [-0.2, -0.15) is 5.26 Å². The van der Waals surface area contributed by atoms with Gasteiger partial charge >= 0.3 is 5.97 Å². The van der Waals surface area contributed by atoms with Gasteiger partial charge in [0.05, 0.1) is 0 Å². The van der Waals surface area contributed by atoms with Gasteiger partial charge in [0, 0.05) is 31.0 Å². The van der Waals surface area contributed by atoms with Crippen molar-refractivity contribution in [3.05, 3.63) is 64.8 Å². The summed E-state index contributed by atoms with van der Waals surface area (Å²) < 4.78 is 23.8. The quantitative estimate of drug-likeness (QED) is 0.224. The van der Waals surface area contributed by atoms with Gasteiger partial charge < -0.3 is 25.2 Å². The fourth-order valence-electron chi connectivity index (χ4n) is 4.28. The average molecular weight is 568 g/mol. The molecule has 1 saturated heterocycles. The van der Waals surface area contributed by atoms with E-state index in [0.717, 1.165) is 6.42 Å². The number of aromatic nitrogens is 1. The number of carbonyl (C=O) groups is 4. The summed E-state index contributed by atoms with van der Waals surface area (Å²) in [5, 5.41) is 21.6. The predicted molar refractivity (Wildman–Crippen MR) is 144 cm³/mol. The second kappa shape index (κ2) is 13.7. The number of hydrogen-bond acceptors (Lipinski definition) is 8. The number of hydrogen-bond donors (Lipinski definition) is 3. The smallest absolute Gasteiger partial charge is 0.349 e. The monoisotopic (exact) mass is 567 g/mol. The first kappa shape index (κ1) is 31.0. The lowest BCUT2D eigenvalue weighted by Gasteiger charge is -2.27. The Morgan fingerprint density at radius 1 is 1.27 bits per heavy atom. The number of rotatable bonds is 10. The molecule has 3 N–H and O–H groups in total. The van der Waals surface area contributed by atoms with Crippen molar-refractivity contribution >= 4 is 23.7 Å². The molecule has 0 aliphatic carbocycles. The number of nitrogens with one attached hydrogen (secondary N) is 3. The fourth-order valence-corrected chi connectivity index (χ4v) is 4.28. The van der Waals surface area contributed by atoms with E-state index in [1.54, 1.807) is 27.7 Å². The lowest BCUT2D eigenvalue weighted by Crippen LogP contribution is -2.51. The highest BCUT2D eigenvalue weighted by atomic mass is 19.1. The molecule has 11 nitrogen and oxygen atoms in total. The van der Waals surface area contributed by atoms with Crippen molar-refractivity contribution in [1.29, 1.82) is 5.26 Å². The lowest BCUT2D eigenvalue weighted by atomic mass is 9.90. The van der Waals surface area contributed by atoms with Crippen LogP contribution in [0.3, 0.4) is 0 Å². The van der Waals surface area contributed by atoms with Crippen LogP contribution in [0, 0.1) is 30.0 Å². The van der Waals surface area contributed by atoms with E-state index >= 15 is 0 Å². The van der Waals surface area contributed by atoms with Crippen LogP contribution in [0.2, 0.25) is 0 Å². The summed E-state index contributed by atoms with van der Waals surface area (Å²) in [7, 11) is 0. The number of halogens is 1. The van der Waals surface area contributed by atoms with Gasteiger partial charge in [-0.3, -0.25) is 14.4 Å². The lowest BCUT2D eigenvalue weighted by molar-refractivity contribution is -0.149. The Morgan fingerprint density at radius 3 is 2.56 bits per heavy atom. The van der Waals surface area contributed by atoms with E-state index in [9.17, 15) is 28.8 Å². The van der Waals surface area contributed by atoms with Crippen molar-refractivity contribution in [1.82, 2.24) is 21.1 Å². The van der Waals surface area contributed by atoms with Gasteiger partial charge in [0.25, 0.3) is 5.91 Å². The second-order valence-electron chi connectivity index (χ2n) is 10.9. The highest BCUT2D eigenvalue weighted by Crippen LogP contribution is 2.20. The summed E-state index contributed by atoms with van der Waals surface area (Å²) in [6, 6.07) is 6.59. The van der Waals surface area contributed by atoms with E-state index in [-0.39, 0.29) is 30.0 Å². The molecule has 0 bridgehead atoms. The topological polar surface area (TPSA) is 163 Å². The Balaban J connectivity index is 1.90. The molecule has 0 spiro atoms. The molecule has 1 fully saturated rings. The van der Waals surface area contributed by atoms with Crippen LogP contribution in [0.25, 0.3) is 0 Å². The molecule has 1 aromatic heterocycles. The van der Waals surface area contributed by atoms with Crippen LogP contribution in [0.15, 0.2) is 46.5 Å². The number of amides is 3. The molecule has 3 rings (SSSR count). The molecule has 0 saturated carbocycles. The van der Waals surface area contributed by atoms with Gasteiger partial charge in [-0.1, -0.05) is 17.3 Å². The number of ether oxygens (including phenoxy) is 1. The van der Waals surface area contributed by atoms with Gasteiger partial charge in [-0.25, -0.2) is 9.18 Å². The predicted octanol–water partition coefficient (Wildman–Crippen LogP) is 2.66. The van der Waals surface area contributed by atoms with Crippen LogP contribution in [0.4, 0.5) is 4.39 Å². The van der Waals surface area contributed by atoms with Crippen molar-refractivity contribution in [3.63, 3.8) is 0 Å². The third-order valence-corrected chi connectivity index (χ3v) is 6.21. The molecular formula is C29H34FN5O6. The van der Waals surface area contributed by atoms with Crippen LogP contribution in [-0.2, 0) is 25.5 Å². The standard InChI is InChI=1S/C29H34FN5O6/c1-17-12-24(35-41-17)27(38)34-23(13-18-7-9-21(30)10-8-18)26(37)33-22(14-19-6-5-11-32-25(19)36)15-20(16-31)28(39)40-29(2,3)4/h7-10,12,15,19,22-23H,5-6,11,13-14H2,1-4H3,(H,32,36)(H,33,37)(H,34,38)/b20-15+/t19-,22-,23-/m0/s1. The minimum Gasteiger partial charge on any atom is -0.456 e. The Kier molecular flexibility index (Phi) is 10.4. The normalized spacial score (nSPS) is 17.0. The number of aryl methyl sites for hydroxylation is 1. The summed E-state index contributed by atoms with van der Waals surface area (Å²) >= 11 is 0. The molecule has 1 aliphatic rings. The number of piperidine rings is 1. The molecule has 0 radical (unpaired) electrons. The number of carbonyl (C=O) groups excluding carboxylic acids is 4. The van der Waals surface area contributed by atoms with Crippen molar-refractivity contribution in [2.45, 2.75) is 71.1 Å². The maximum atomic E-state index is 13.6. The van der Waals surface area contributed by atoms with Gasteiger partial charge in [0.15, 0.2) is 5.69 Å². The van der Waals surface area contributed by atoms with E-state index in [1.165, 1.54) is 36.4 Å². The van der Waals surface area contributed by atoms with Gasteiger partial charge in [0.1, 0.15) is 34.9 Å². The molecule has 1 aliphatic heterocycles. The van der Waals surface area contributed by atoms with E-state index < -0.39 is 47.2 Å². The Bertz CT molecular complexity index is 1340. The first-order chi connectivity index (χ1) is 19.3. The molecule has 0 unspecified atom stereocenters. The van der Waals surface area contributed by atoms with Crippen LogP contribution in [0.5, 0.6) is 0 Å². The molecule has 2 aromatic rings. The van der Waals surface area contributed by atoms with E-state index in [0.29, 0.717) is 24.3 Å². The zero-order chi connectivity index (χ0) is 30.2. The zero-order valence-electron chi connectivity index (χ0n) is 23.5. The Morgan fingerprint density at radius 2 is 1.98 bits per heavy atom. The summed E-state index contributed by atoms with van der Waals surface area (Å²) in [5.74, 6) is -2.93. The molecule has 218 valence electrons. The zero-order valence-corrected chi connectivity index (χ0v) is 23.5. The van der Waals surface area contributed by atoms with Crippen LogP contribution in [0.1, 0.15) is 61.8 Å². The third kappa shape index (κ3) is 9.56. The van der Waals surface area contributed by atoms with Gasteiger partial charge in [0.2, 0.25) is 11.8 Å². The van der Waals surface area contributed by atoms with Crippen molar-refractivity contribution in [2.24, 2.45) is 5.92 Å². The maximum absolute atomic E-state index is 13.6. The largest absolute Gasteiger partial charge is 0.456 e. The molecule has 2 heterocycles. The molecule has 3 amide bonds. The Labute approximate surface area is 237 Å². The Hall–Kier alpha value is -4.53.